The summed E-state index contributed by atoms with van der Waals surface area (Å²) < 4.78 is 0. The van der Waals surface area contributed by atoms with Crippen LogP contribution in [0.3, 0.4) is 0 Å². The van der Waals surface area contributed by atoms with Gasteiger partial charge in [-0.3, -0.25) is 4.90 Å². The smallest absolute Gasteiger partial charge is 0.0558 e. The molecule has 0 aliphatic heterocycles. The maximum absolute atomic E-state index is 9.07. The molecule has 1 N–H and O–H groups in total. The lowest BCUT2D eigenvalue weighted by molar-refractivity contribution is 0.177. The van der Waals surface area contributed by atoms with E-state index >= 15 is 0 Å². The number of fused-ring (bicyclic) bond motifs is 1. The molecule has 2 nitrogen and oxygen atoms in total. The Morgan fingerprint density at radius 2 is 2.06 bits per heavy atom. The first-order valence-electron chi connectivity index (χ1n) is 6.31. The van der Waals surface area contributed by atoms with Gasteiger partial charge in [0.25, 0.3) is 0 Å². The summed E-state index contributed by atoms with van der Waals surface area (Å²) in [6, 6.07) is 9.52. The van der Waals surface area contributed by atoms with Crippen LogP contribution in [0.1, 0.15) is 29.9 Å². The van der Waals surface area contributed by atoms with Gasteiger partial charge in [0.15, 0.2) is 0 Å². The molecule has 0 bridgehead atoms. The van der Waals surface area contributed by atoms with Gasteiger partial charge in [-0.1, -0.05) is 24.3 Å². The van der Waals surface area contributed by atoms with Crippen molar-refractivity contribution in [1.29, 1.82) is 0 Å². The molecule has 1 aromatic carbocycles. The first-order chi connectivity index (χ1) is 7.88. The normalized spacial score (nSPS) is 23.0. The van der Waals surface area contributed by atoms with E-state index in [0.29, 0.717) is 12.5 Å². The zero-order chi connectivity index (χ0) is 11.0. The molecule has 86 valence electrons. The Morgan fingerprint density at radius 1 is 1.25 bits per heavy atom. The second kappa shape index (κ2) is 4.19. The van der Waals surface area contributed by atoms with Crippen LogP contribution in [0.5, 0.6) is 0 Å². The van der Waals surface area contributed by atoms with Crippen LogP contribution in [0.2, 0.25) is 0 Å². The molecule has 2 heteroatoms. The molecule has 1 unspecified atom stereocenters. The third-order valence-electron chi connectivity index (χ3n) is 3.87. The van der Waals surface area contributed by atoms with Gasteiger partial charge in [0, 0.05) is 25.0 Å². The lowest BCUT2D eigenvalue weighted by Gasteiger charge is -2.34. The van der Waals surface area contributed by atoms with Gasteiger partial charge in [-0.2, -0.15) is 0 Å². The molecule has 1 saturated carbocycles. The number of aliphatic hydroxyl groups is 1. The van der Waals surface area contributed by atoms with E-state index in [-0.39, 0.29) is 0 Å². The van der Waals surface area contributed by atoms with Gasteiger partial charge in [0.05, 0.1) is 6.61 Å². The zero-order valence-corrected chi connectivity index (χ0v) is 9.60. The SMILES string of the molecule is OCCN(CC1Cc2ccccc21)C1CC1. The molecule has 2 aliphatic carbocycles. The van der Waals surface area contributed by atoms with Crippen molar-refractivity contribution in [3.8, 4) is 0 Å². The number of benzene rings is 1. The van der Waals surface area contributed by atoms with Gasteiger partial charge >= 0.3 is 0 Å². The molecule has 16 heavy (non-hydrogen) atoms. The van der Waals surface area contributed by atoms with Crippen LogP contribution in [0.4, 0.5) is 0 Å². The molecule has 1 fully saturated rings. The summed E-state index contributed by atoms with van der Waals surface area (Å²) in [6.45, 7) is 2.29. The van der Waals surface area contributed by atoms with Crippen LogP contribution < -0.4 is 0 Å². The second-order valence-corrected chi connectivity index (χ2v) is 5.05. The highest BCUT2D eigenvalue weighted by Crippen LogP contribution is 2.37. The topological polar surface area (TPSA) is 23.5 Å². The molecule has 0 saturated heterocycles. The van der Waals surface area contributed by atoms with E-state index in [0.717, 1.165) is 19.1 Å². The van der Waals surface area contributed by atoms with Crippen LogP contribution in [-0.4, -0.2) is 35.7 Å². The monoisotopic (exact) mass is 217 g/mol. The summed E-state index contributed by atoms with van der Waals surface area (Å²) in [5.74, 6) is 0.711. The van der Waals surface area contributed by atoms with E-state index in [1.54, 1.807) is 0 Å². The Labute approximate surface area is 96.9 Å². The number of rotatable bonds is 5. The third-order valence-corrected chi connectivity index (χ3v) is 3.87. The Balaban J connectivity index is 1.63. The van der Waals surface area contributed by atoms with Gasteiger partial charge in [-0.15, -0.1) is 0 Å². The van der Waals surface area contributed by atoms with E-state index in [2.05, 4.69) is 29.2 Å². The molecule has 0 spiro atoms. The van der Waals surface area contributed by atoms with Crippen molar-refractivity contribution in [2.75, 3.05) is 19.7 Å². The molecule has 1 aromatic rings. The number of aliphatic hydroxyl groups excluding tert-OH is 1. The van der Waals surface area contributed by atoms with Crippen LogP contribution in [0, 0.1) is 0 Å². The fourth-order valence-corrected chi connectivity index (χ4v) is 2.80. The average molecular weight is 217 g/mol. The summed E-state index contributed by atoms with van der Waals surface area (Å²) in [5.41, 5.74) is 3.05. The fourth-order valence-electron chi connectivity index (χ4n) is 2.80. The average Bonchev–Trinajstić information content (AvgIpc) is 3.08. The molecule has 0 heterocycles. The standard InChI is InChI=1S/C14H19NO/c16-8-7-15(13-5-6-13)10-12-9-11-3-1-2-4-14(11)12/h1-4,12-13,16H,5-10H2. The lowest BCUT2D eigenvalue weighted by Crippen LogP contribution is -2.36. The van der Waals surface area contributed by atoms with E-state index in [1.165, 1.54) is 30.4 Å². The highest BCUT2D eigenvalue weighted by Gasteiger charge is 2.33. The fraction of sp³-hybridized carbons (Fsp3) is 0.571. The highest BCUT2D eigenvalue weighted by atomic mass is 16.3. The van der Waals surface area contributed by atoms with Crippen molar-refractivity contribution in [3.63, 3.8) is 0 Å². The summed E-state index contributed by atoms with van der Waals surface area (Å²) in [6.07, 6.45) is 3.88. The predicted molar refractivity (Wildman–Crippen MR) is 64.6 cm³/mol. The minimum atomic E-state index is 0.296. The van der Waals surface area contributed by atoms with Gasteiger partial charge in [0.2, 0.25) is 0 Å². The molecule has 0 amide bonds. The van der Waals surface area contributed by atoms with Crippen LogP contribution in [0.15, 0.2) is 24.3 Å². The number of hydrogen-bond donors (Lipinski definition) is 1. The summed E-state index contributed by atoms with van der Waals surface area (Å²) in [7, 11) is 0. The van der Waals surface area contributed by atoms with Crippen molar-refractivity contribution in [1.82, 2.24) is 4.90 Å². The predicted octanol–water partition coefficient (Wildman–Crippen LogP) is 1.78. The first-order valence-corrected chi connectivity index (χ1v) is 6.31. The lowest BCUT2D eigenvalue weighted by atomic mass is 9.77. The third kappa shape index (κ3) is 1.87. The van der Waals surface area contributed by atoms with Crippen LogP contribution >= 0.6 is 0 Å². The van der Waals surface area contributed by atoms with Gasteiger partial charge < -0.3 is 5.11 Å². The minimum Gasteiger partial charge on any atom is -0.395 e. The Bertz CT molecular complexity index is 373. The van der Waals surface area contributed by atoms with Gasteiger partial charge in [-0.25, -0.2) is 0 Å². The molecular weight excluding hydrogens is 198 g/mol. The molecule has 0 aromatic heterocycles. The molecule has 3 rings (SSSR count). The van der Waals surface area contributed by atoms with Gasteiger partial charge in [0.1, 0.15) is 0 Å². The summed E-state index contributed by atoms with van der Waals surface area (Å²) in [4.78, 5) is 2.47. The van der Waals surface area contributed by atoms with Crippen molar-refractivity contribution >= 4 is 0 Å². The van der Waals surface area contributed by atoms with Crippen LogP contribution in [-0.2, 0) is 6.42 Å². The highest BCUT2D eigenvalue weighted by molar-refractivity contribution is 5.40. The number of hydrogen-bond acceptors (Lipinski definition) is 2. The Hall–Kier alpha value is -0.860. The van der Waals surface area contributed by atoms with E-state index in [9.17, 15) is 0 Å². The van der Waals surface area contributed by atoms with Crippen molar-refractivity contribution in [3.05, 3.63) is 35.4 Å². The van der Waals surface area contributed by atoms with Crippen molar-refractivity contribution in [2.24, 2.45) is 0 Å². The van der Waals surface area contributed by atoms with Crippen LogP contribution in [0.25, 0.3) is 0 Å². The Morgan fingerprint density at radius 3 is 2.75 bits per heavy atom. The minimum absolute atomic E-state index is 0.296. The summed E-state index contributed by atoms with van der Waals surface area (Å²) in [5, 5.41) is 9.07. The maximum atomic E-state index is 9.07. The first kappa shape index (κ1) is 10.3. The molecule has 0 radical (unpaired) electrons. The molecule has 1 atom stereocenters. The molecule has 2 aliphatic rings. The van der Waals surface area contributed by atoms with E-state index < -0.39 is 0 Å². The van der Waals surface area contributed by atoms with Crippen molar-refractivity contribution in [2.45, 2.75) is 31.2 Å². The quantitative estimate of drug-likeness (QED) is 0.812. The maximum Gasteiger partial charge on any atom is 0.0558 e. The largest absolute Gasteiger partial charge is 0.395 e. The number of nitrogens with zero attached hydrogens (tertiary/aromatic N) is 1. The van der Waals surface area contributed by atoms with Gasteiger partial charge in [-0.05, 0) is 30.4 Å². The van der Waals surface area contributed by atoms with E-state index in [1.807, 2.05) is 0 Å². The second-order valence-electron chi connectivity index (χ2n) is 5.05. The van der Waals surface area contributed by atoms with Crippen molar-refractivity contribution < 1.29 is 5.11 Å². The zero-order valence-electron chi connectivity index (χ0n) is 9.60. The summed E-state index contributed by atoms with van der Waals surface area (Å²) >= 11 is 0. The van der Waals surface area contributed by atoms with E-state index in [4.69, 9.17) is 5.11 Å². The Kier molecular flexibility index (Phi) is 2.70. The molecular formula is C14H19NO.